The molecule has 118 valence electrons. The molecule has 22 heavy (non-hydrogen) atoms. The first kappa shape index (κ1) is 15.9. The number of benzene rings is 1. The van der Waals surface area contributed by atoms with Crippen molar-refractivity contribution in [3.05, 3.63) is 30.0 Å². The molecule has 0 aliphatic carbocycles. The molecular weight excluding hydrogens is 282 g/mol. The summed E-state index contributed by atoms with van der Waals surface area (Å²) in [6, 6.07) is 7.28. The van der Waals surface area contributed by atoms with Crippen LogP contribution in [0, 0.1) is 0 Å². The van der Waals surface area contributed by atoms with Crippen LogP contribution in [0.3, 0.4) is 0 Å². The van der Waals surface area contributed by atoms with Crippen LogP contribution in [0.5, 0.6) is 11.5 Å². The zero-order chi connectivity index (χ0) is 16.1. The predicted octanol–water partition coefficient (Wildman–Crippen LogP) is 2.24. The molecule has 0 bridgehead atoms. The highest BCUT2D eigenvalue weighted by molar-refractivity contribution is 5.93. The highest BCUT2D eigenvalue weighted by atomic mass is 16.5. The molecule has 2 rings (SSSR count). The Morgan fingerprint density at radius 3 is 2.68 bits per heavy atom. The molecule has 1 heterocycles. The molecule has 0 saturated heterocycles. The van der Waals surface area contributed by atoms with Crippen molar-refractivity contribution in [2.75, 3.05) is 20.8 Å². The number of hydrogen-bond acceptors (Lipinski definition) is 4. The van der Waals surface area contributed by atoms with Crippen LogP contribution >= 0.6 is 0 Å². The van der Waals surface area contributed by atoms with E-state index in [9.17, 15) is 4.79 Å². The van der Waals surface area contributed by atoms with E-state index < -0.39 is 0 Å². The molecule has 0 aliphatic rings. The predicted molar refractivity (Wildman–Crippen MR) is 84.4 cm³/mol. The standard InChI is InChI=1S/C16H21N3O3/c1-5-8-17-16(20)13-10-14(19(2)18-13)12-9-11(21-3)6-7-15(12)22-4/h6-7,9-10H,5,8H2,1-4H3,(H,17,20). The summed E-state index contributed by atoms with van der Waals surface area (Å²) < 4.78 is 12.3. The monoisotopic (exact) mass is 303 g/mol. The quantitative estimate of drug-likeness (QED) is 0.889. The molecule has 6 heteroatoms. The van der Waals surface area contributed by atoms with Crippen molar-refractivity contribution in [1.29, 1.82) is 0 Å². The summed E-state index contributed by atoms with van der Waals surface area (Å²) in [5, 5.41) is 7.10. The number of ether oxygens (including phenoxy) is 2. The third-order valence-corrected chi connectivity index (χ3v) is 3.33. The molecule has 1 aromatic carbocycles. The molecule has 0 unspecified atom stereocenters. The molecule has 2 aromatic rings. The lowest BCUT2D eigenvalue weighted by Gasteiger charge is -2.10. The second-order valence-corrected chi connectivity index (χ2v) is 4.86. The van der Waals surface area contributed by atoms with E-state index in [1.807, 2.05) is 25.1 Å². The van der Waals surface area contributed by atoms with E-state index in [-0.39, 0.29) is 5.91 Å². The molecule has 6 nitrogen and oxygen atoms in total. The van der Waals surface area contributed by atoms with Crippen LogP contribution in [-0.4, -0.2) is 36.5 Å². The Morgan fingerprint density at radius 2 is 2.05 bits per heavy atom. The first-order chi connectivity index (χ1) is 10.6. The minimum absolute atomic E-state index is 0.175. The fraction of sp³-hybridized carbons (Fsp3) is 0.375. The third kappa shape index (κ3) is 3.21. The molecule has 0 atom stereocenters. The summed E-state index contributed by atoms with van der Waals surface area (Å²) in [4.78, 5) is 12.0. The molecule has 0 fully saturated rings. The molecule has 1 aromatic heterocycles. The van der Waals surface area contributed by atoms with Gasteiger partial charge in [0.25, 0.3) is 5.91 Å². The maximum Gasteiger partial charge on any atom is 0.271 e. The summed E-state index contributed by atoms with van der Waals surface area (Å²) >= 11 is 0. The average Bonchev–Trinajstić information content (AvgIpc) is 2.93. The second-order valence-electron chi connectivity index (χ2n) is 4.86. The van der Waals surface area contributed by atoms with Crippen molar-refractivity contribution in [2.45, 2.75) is 13.3 Å². The normalized spacial score (nSPS) is 10.4. The number of nitrogens with zero attached hydrogens (tertiary/aromatic N) is 2. The third-order valence-electron chi connectivity index (χ3n) is 3.33. The number of amides is 1. The van der Waals surface area contributed by atoms with Crippen molar-refractivity contribution in [3.8, 4) is 22.8 Å². The van der Waals surface area contributed by atoms with Gasteiger partial charge >= 0.3 is 0 Å². The highest BCUT2D eigenvalue weighted by Crippen LogP contribution is 2.33. The molecule has 1 amide bonds. The minimum atomic E-state index is -0.175. The van der Waals surface area contributed by atoms with Crippen molar-refractivity contribution in [1.82, 2.24) is 15.1 Å². The van der Waals surface area contributed by atoms with Gasteiger partial charge in [-0.05, 0) is 30.7 Å². The zero-order valence-corrected chi connectivity index (χ0v) is 13.3. The first-order valence-corrected chi connectivity index (χ1v) is 7.15. The highest BCUT2D eigenvalue weighted by Gasteiger charge is 2.16. The second kappa shape index (κ2) is 6.98. The lowest BCUT2D eigenvalue weighted by atomic mass is 10.1. The van der Waals surface area contributed by atoms with Gasteiger partial charge in [0.2, 0.25) is 0 Å². The number of aryl methyl sites for hydroxylation is 1. The van der Waals surface area contributed by atoms with Crippen LogP contribution in [0.15, 0.2) is 24.3 Å². The number of methoxy groups -OCH3 is 2. The van der Waals surface area contributed by atoms with Gasteiger partial charge in [0.15, 0.2) is 5.69 Å². The summed E-state index contributed by atoms with van der Waals surface area (Å²) in [7, 11) is 5.01. The number of hydrogen-bond donors (Lipinski definition) is 1. The van der Waals surface area contributed by atoms with Gasteiger partial charge in [0.05, 0.1) is 19.9 Å². The molecule has 0 spiro atoms. The maximum atomic E-state index is 12.0. The maximum absolute atomic E-state index is 12.0. The van der Waals surface area contributed by atoms with E-state index in [0.717, 1.165) is 17.7 Å². The van der Waals surface area contributed by atoms with Gasteiger partial charge in [-0.25, -0.2) is 0 Å². The Morgan fingerprint density at radius 1 is 1.27 bits per heavy atom. The van der Waals surface area contributed by atoms with Crippen molar-refractivity contribution >= 4 is 5.91 Å². The van der Waals surface area contributed by atoms with Crippen LogP contribution in [0.1, 0.15) is 23.8 Å². The Bertz CT molecular complexity index is 665. The summed E-state index contributed by atoms with van der Waals surface area (Å²) in [5.74, 6) is 1.24. The van der Waals surface area contributed by atoms with Gasteiger partial charge in [0, 0.05) is 19.2 Å². The Kier molecular flexibility index (Phi) is 5.04. The SMILES string of the molecule is CCCNC(=O)c1cc(-c2cc(OC)ccc2OC)n(C)n1. The Balaban J connectivity index is 2.41. The van der Waals surface area contributed by atoms with Crippen LogP contribution in [0.4, 0.5) is 0 Å². The fourth-order valence-corrected chi connectivity index (χ4v) is 2.17. The minimum Gasteiger partial charge on any atom is -0.497 e. The summed E-state index contributed by atoms with van der Waals surface area (Å²) in [5.41, 5.74) is 2.00. The molecular formula is C16H21N3O3. The van der Waals surface area contributed by atoms with Crippen LogP contribution < -0.4 is 14.8 Å². The Labute approximate surface area is 130 Å². The van der Waals surface area contributed by atoms with Crippen LogP contribution in [0.25, 0.3) is 11.3 Å². The number of aromatic nitrogens is 2. The van der Waals surface area contributed by atoms with Gasteiger partial charge in [-0.3, -0.25) is 9.48 Å². The van der Waals surface area contributed by atoms with E-state index in [2.05, 4.69) is 10.4 Å². The van der Waals surface area contributed by atoms with Gasteiger partial charge in [-0.1, -0.05) is 6.92 Å². The lowest BCUT2D eigenvalue weighted by Crippen LogP contribution is -2.24. The van der Waals surface area contributed by atoms with Crippen LogP contribution in [-0.2, 0) is 7.05 Å². The number of carbonyl (C=O) groups excluding carboxylic acids is 1. The van der Waals surface area contributed by atoms with Crippen LogP contribution in [0.2, 0.25) is 0 Å². The first-order valence-electron chi connectivity index (χ1n) is 7.15. The van der Waals surface area contributed by atoms with E-state index >= 15 is 0 Å². The van der Waals surface area contributed by atoms with Crippen molar-refractivity contribution < 1.29 is 14.3 Å². The topological polar surface area (TPSA) is 65.4 Å². The molecule has 1 N–H and O–H groups in total. The van der Waals surface area contributed by atoms with Gasteiger partial charge in [0.1, 0.15) is 11.5 Å². The summed E-state index contributed by atoms with van der Waals surface area (Å²) in [6.45, 7) is 2.64. The molecule has 0 saturated carbocycles. The lowest BCUT2D eigenvalue weighted by molar-refractivity contribution is 0.0948. The summed E-state index contributed by atoms with van der Waals surface area (Å²) in [6.07, 6.45) is 0.884. The Hall–Kier alpha value is -2.50. The van der Waals surface area contributed by atoms with E-state index in [0.29, 0.717) is 23.7 Å². The fourth-order valence-electron chi connectivity index (χ4n) is 2.17. The smallest absolute Gasteiger partial charge is 0.271 e. The van der Waals surface area contributed by atoms with E-state index in [4.69, 9.17) is 9.47 Å². The van der Waals surface area contributed by atoms with E-state index in [1.165, 1.54) is 0 Å². The number of rotatable bonds is 6. The van der Waals surface area contributed by atoms with Gasteiger partial charge in [-0.15, -0.1) is 0 Å². The largest absolute Gasteiger partial charge is 0.497 e. The van der Waals surface area contributed by atoms with Crippen molar-refractivity contribution in [3.63, 3.8) is 0 Å². The van der Waals surface area contributed by atoms with Gasteiger partial charge < -0.3 is 14.8 Å². The van der Waals surface area contributed by atoms with E-state index in [1.54, 1.807) is 32.0 Å². The number of carbonyl (C=O) groups is 1. The van der Waals surface area contributed by atoms with Gasteiger partial charge in [-0.2, -0.15) is 5.10 Å². The average molecular weight is 303 g/mol. The molecule has 0 aliphatic heterocycles. The zero-order valence-electron chi connectivity index (χ0n) is 13.3. The van der Waals surface area contributed by atoms with Crippen molar-refractivity contribution in [2.24, 2.45) is 7.05 Å². The number of nitrogens with one attached hydrogen (secondary N) is 1. The molecule has 0 radical (unpaired) electrons.